The fourth-order valence-electron chi connectivity index (χ4n) is 3.20. The van der Waals surface area contributed by atoms with Gasteiger partial charge in [-0.25, -0.2) is 13.1 Å². The van der Waals surface area contributed by atoms with Gasteiger partial charge in [-0.1, -0.05) is 0 Å². The van der Waals surface area contributed by atoms with Gasteiger partial charge in [-0.05, 0) is 70.1 Å². The molecule has 1 aromatic heterocycles. The first-order valence-corrected chi connectivity index (χ1v) is 10.4. The SMILES string of the molecule is CN1CCC(NC(=O)c2cc3cc(S(=O)(=O)NC4CC4)ccc3o2)CC1. The third-order valence-electron chi connectivity index (χ3n) is 4.97. The van der Waals surface area contributed by atoms with E-state index in [1.165, 1.54) is 6.07 Å². The fraction of sp³-hybridized carbons (Fsp3) is 0.500. The summed E-state index contributed by atoms with van der Waals surface area (Å²) in [5.41, 5.74) is 0.504. The van der Waals surface area contributed by atoms with Crippen molar-refractivity contribution in [3.05, 3.63) is 30.0 Å². The molecule has 0 bridgehead atoms. The van der Waals surface area contributed by atoms with E-state index in [0.717, 1.165) is 38.8 Å². The molecule has 1 aromatic carbocycles. The number of amides is 1. The molecule has 2 heterocycles. The molecule has 26 heavy (non-hydrogen) atoms. The van der Waals surface area contributed by atoms with Crippen molar-refractivity contribution in [3.63, 3.8) is 0 Å². The number of carbonyl (C=O) groups excluding carboxylic acids is 1. The smallest absolute Gasteiger partial charge is 0.287 e. The van der Waals surface area contributed by atoms with Gasteiger partial charge in [0.2, 0.25) is 10.0 Å². The first-order chi connectivity index (χ1) is 12.4. The lowest BCUT2D eigenvalue weighted by Gasteiger charge is -2.29. The van der Waals surface area contributed by atoms with E-state index in [4.69, 9.17) is 4.42 Å². The lowest BCUT2D eigenvalue weighted by Crippen LogP contribution is -2.43. The summed E-state index contributed by atoms with van der Waals surface area (Å²) in [4.78, 5) is 14.9. The molecule has 7 nitrogen and oxygen atoms in total. The molecule has 0 atom stereocenters. The van der Waals surface area contributed by atoms with Crippen LogP contribution in [0.2, 0.25) is 0 Å². The first kappa shape index (κ1) is 17.5. The highest BCUT2D eigenvalue weighted by molar-refractivity contribution is 7.89. The van der Waals surface area contributed by atoms with Crippen molar-refractivity contribution in [1.82, 2.24) is 14.9 Å². The maximum absolute atomic E-state index is 12.5. The van der Waals surface area contributed by atoms with Crippen LogP contribution in [0.4, 0.5) is 0 Å². The molecule has 2 aromatic rings. The zero-order chi connectivity index (χ0) is 18.3. The first-order valence-electron chi connectivity index (χ1n) is 8.96. The predicted octanol–water partition coefficient (Wildman–Crippen LogP) is 1.70. The number of fused-ring (bicyclic) bond motifs is 1. The van der Waals surface area contributed by atoms with Crippen molar-refractivity contribution in [2.24, 2.45) is 0 Å². The number of carbonyl (C=O) groups is 1. The topological polar surface area (TPSA) is 91.7 Å². The molecule has 0 unspecified atom stereocenters. The van der Waals surface area contributed by atoms with Crippen molar-refractivity contribution in [1.29, 1.82) is 0 Å². The van der Waals surface area contributed by atoms with Crippen LogP contribution in [0.5, 0.6) is 0 Å². The molecule has 1 saturated carbocycles. The van der Waals surface area contributed by atoms with Gasteiger partial charge < -0.3 is 14.6 Å². The van der Waals surface area contributed by atoms with Crippen LogP contribution in [0.25, 0.3) is 11.0 Å². The molecule has 4 rings (SSSR count). The highest BCUT2D eigenvalue weighted by Crippen LogP contribution is 2.26. The molecule has 2 fully saturated rings. The van der Waals surface area contributed by atoms with E-state index in [9.17, 15) is 13.2 Å². The number of likely N-dealkylation sites (tertiary alicyclic amines) is 1. The fourth-order valence-corrected chi connectivity index (χ4v) is 4.54. The van der Waals surface area contributed by atoms with Gasteiger partial charge in [0.05, 0.1) is 4.90 Å². The van der Waals surface area contributed by atoms with E-state index >= 15 is 0 Å². The quantitative estimate of drug-likeness (QED) is 0.827. The third-order valence-corrected chi connectivity index (χ3v) is 6.49. The zero-order valence-corrected chi connectivity index (χ0v) is 15.5. The standard InChI is InChI=1S/C18H23N3O4S/c1-21-8-6-13(7-9-21)19-18(22)17-11-12-10-15(4-5-16(12)25-17)26(23,24)20-14-2-3-14/h4-5,10-11,13-14,20H,2-3,6-9H2,1H3,(H,19,22). The van der Waals surface area contributed by atoms with Gasteiger partial charge in [0.25, 0.3) is 5.91 Å². The van der Waals surface area contributed by atoms with E-state index in [2.05, 4.69) is 22.0 Å². The highest BCUT2D eigenvalue weighted by Gasteiger charge is 2.28. The van der Waals surface area contributed by atoms with Crippen molar-refractivity contribution in [2.75, 3.05) is 20.1 Å². The minimum absolute atomic E-state index is 0.0518. The summed E-state index contributed by atoms with van der Waals surface area (Å²) >= 11 is 0. The van der Waals surface area contributed by atoms with Crippen molar-refractivity contribution < 1.29 is 17.6 Å². The maximum Gasteiger partial charge on any atom is 0.287 e. The normalized spacial score (nSPS) is 19.7. The lowest BCUT2D eigenvalue weighted by atomic mass is 10.1. The molecule has 1 saturated heterocycles. The van der Waals surface area contributed by atoms with E-state index in [0.29, 0.717) is 11.0 Å². The second-order valence-corrected chi connectivity index (χ2v) is 8.97. The Bertz CT molecular complexity index is 925. The van der Waals surface area contributed by atoms with Gasteiger partial charge in [-0.3, -0.25) is 4.79 Å². The average Bonchev–Trinajstić information content (AvgIpc) is 3.30. The predicted molar refractivity (Wildman–Crippen MR) is 97.5 cm³/mol. The second kappa shape index (κ2) is 6.68. The summed E-state index contributed by atoms with van der Waals surface area (Å²) in [5, 5.41) is 3.61. The Morgan fingerprint density at radius 2 is 1.85 bits per heavy atom. The van der Waals surface area contributed by atoms with Crippen molar-refractivity contribution in [2.45, 2.75) is 42.7 Å². The van der Waals surface area contributed by atoms with Gasteiger partial charge in [-0.2, -0.15) is 0 Å². The summed E-state index contributed by atoms with van der Waals surface area (Å²) < 4.78 is 32.9. The minimum Gasteiger partial charge on any atom is -0.451 e. The van der Waals surface area contributed by atoms with Gasteiger partial charge >= 0.3 is 0 Å². The monoisotopic (exact) mass is 377 g/mol. The number of hydrogen-bond acceptors (Lipinski definition) is 5. The minimum atomic E-state index is -3.52. The van der Waals surface area contributed by atoms with Crippen molar-refractivity contribution >= 4 is 26.9 Å². The third kappa shape index (κ3) is 3.77. The van der Waals surface area contributed by atoms with Crippen LogP contribution in [0.3, 0.4) is 0 Å². The van der Waals surface area contributed by atoms with Crippen LogP contribution in [0.15, 0.2) is 33.6 Å². The summed E-state index contributed by atoms with van der Waals surface area (Å²) in [6.07, 6.45) is 3.60. The lowest BCUT2D eigenvalue weighted by molar-refractivity contribution is 0.0891. The second-order valence-electron chi connectivity index (χ2n) is 7.26. The van der Waals surface area contributed by atoms with Gasteiger partial charge in [0.15, 0.2) is 5.76 Å². The van der Waals surface area contributed by atoms with Crippen molar-refractivity contribution in [3.8, 4) is 0 Å². The average molecular weight is 377 g/mol. The molecule has 2 aliphatic rings. The molecule has 140 valence electrons. The number of nitrogens with zero attached hydrogens (tertiary/aromatic N) is 1. The number of nitrogens with one attached hydrogen (secondary N) is 2. The van der Waals surface area contributed by atoms with Crippen LogP contribution in [0, 0.1) is 0 Å². The Hall–Kier alpha value is -1.90. The Balaban J connectivity index is 1.51. The molecule has 8 heteroatoms. The molecule has 2 N–H and O–H groups in total. The highest BCUT2D eigenvalue weighted by atomic mass is 32.2. The number of hydrogen-bond donors (Lipinski definition) is 2. The van der Waals surface area contributed by atoms with E-state index in [-0.39, 0.29) is 28.6 Å². The molecular weight excluding hydrogens is 354 g/mol. The Labute approximate surface area is 152 Å². The summed E-state index contributed by atoms with van der Waals surface area (Å²) in [7, 11) is -1.45. The van der Waals surface area contributed by atoms with Crippen LogP contribution in [0.1, 0.15) is 36.2 Å². The van der Waals surface area contributed by atoms with E-state index in [1.54, 1.807) is 18.2 Å². The summed E-state index contributed by atoms with van der Waals surface area (Å²) in [6, 6.07) is 6.46. The van der Waals surface area contributed by atoms with Crippen LogP contribution in [-0.2, 0) is 10.0 Å². The summed E-state index contributed by atoms with van der Waals surface area (Å²) in [6.45, 7) is 1.92. The molecule has 0 radical (unpaired) electrons. The Kier molecular flexibility index (Phi) is 4.50. The molecule has 1 aliphatic carbocycles. The van der Waals surface area contributed by atoms with Crippen LogP contribution < -0.4 is 10.0 Å². The number of sulfonamides is 1. The number of furan rings is 1. The largest absolute Gasteiger partial charge is 0.451 e. The maximum atomic E-state index is 12.5. The van der Waals surface area contributed by atoms with Crippen LogP contribution in [-0.4, -0.2) is 51.4 Å². The molecule has 1 amide bonds. The molecular formula is C18H23N3O4S. The Morgan fingerprint density at radius 3 is 2.54 bits per heavy atom. The van der Waals surface area contributed by atoms with Gasteiger partial charge in [0.1, 0.15) is 5.58 Å². The van der Waals surface area contributed by atoms with Gasteiger partial charge in [-0.15, -0.1) is 0 Å². The molecule has 0 spiro atoms. The van der Waals surface area contributed by atoms with Crippen LogP contribution >= 0.6 is 0 Å². The van der Waals surface area contributed by atoms with E-state index in [1.807, 2.05) is 0 Å². The number of benzene rings is 1. The zero-order valence-electron chi connectivity index (χ0n) is 14.7. The van der Waals surface area contributed by atoms with E-state index < -0.39 is 10.0 Å². The Morgan fingerprint density at radius 1 is 1.12 bits per heavy atom. The summed E-state index contributed by atoms with van der Waals surface area (Å²) in [5.74, 6) is -0.0418. The van der Waals surface area contributed by atoms with Gasteiger partial charge in [0, 0.05) is 17.5 Å². The number of rotatable bonds is 5. The number of piperidine rings is 1. The molecule has 1 aliphatic heterocycles.